The highest BCUT2D eigenvalue weighted by Gasteiger charge is 1.92. The molecule has 0 aliphatic rings. The Morgan fingerprint density at radius 2 is 1.81 bits per heavy atom. The molecule has 2 heteroatoms. The van der Waals surface area contributed by atoms with Crippen molar-refractivity contribution in [3.8, 4) is 0 Å². The largest absolute Gasteiger partial charge is 0.481 e. The van der Waals surface area contributed by atoms with E-state index in [0.717, 1.165) is 19.3 Å². The van der Waals surface area contributed by atoms with E-state index in [1.165, 1.54) is 5.56 Å². The quantitative estimate of drug-likeness (QED) is 0.562. The first-order valence-electron chi connectivity index (χ1n) is 5.70. The van der Waals surface area contributed by atoms with Gasteiger partial charge in [-0.1, -0.05) is 42.5 Å². The number of carbonyl (C=O) groups is 1. The summed E-state index contributed by atoms with van der Waals surface area (Å²) < 4.78 is 0. The van der Waals surface area contributed by atoms with Crippen LogP contribution in [0.1, 0.15) is 31.2 Å². The molecule has 0 fully saturated rings. The molecule has 2 nitrogen and oxygen atoms in total. The fourth-order valence-electron chi connectivity index (χ4n) is 1.51. The van der Waals surface area contributed by atoms with Gasteiger partial charge in [-0.3, -0.25) is 4.79 Å². The zero-order valence-electron chi connectivity index (χ0n) is 9.43. The molecule has 1 N–H and O–H groups in total. The van der Waals surface area contributed by atoms with Crippen LogP contribution >= 0.6 is 0 Å². The molecular formula is C14H18O2. The van der Waals surface area contributed by atoms with E-state index >= 15 is 0 Å². The van der Waals surface area contributed by atoms with E-state index in [9.17, 15) is 4.79 Å². The summed E-state index contributed by atoms with van der Waals surface area (Å²) in [5, 5.41) is 8.43. The standard InChI is InChI=1S/C14H18O2/c15-14(16)12-8-3-1-2-5-9-13-10-6-4-7-11-13/h1,3-4,6-7,10-11H,2,5,8-9,12H2,(H,15,16)/b3-1-. The van der Waals surface area contributed by atoms with E-state index < -0.39 is 5.97 Å². The molecule has 0 saturated heterocycles. The lowest BCUT2D eigenvalue weighted by atomic mass is 10.1. The number of hydrogen-bond acceptors (Lipinski definition) is 1. The molecule has 0 aliphatic carbocycles. The second-order valence-electron chi connectivity index (χ2n) is 3.78. The lowest BCUT2D eigenvalue weighted by Gasteiger charge is -1.97. The van der Waals surface area contributed by atoms with Crippen LogP contribution < -0.4 is 0 Å². The van der Waals surface area contributed by atoms with Crippen molar-refractivity contribution in [1.29, 1.82) is 0 Å². The Kier molecular flexibility index (Phi) is 6.00. The van der Waals surface area contributed by atoms with Gasteiger partial charge in [0.2, 0.25) is 0 Å². The summed E-state index contributed by atoms with van der Waals surface area (Å²) in [5.41, 5.74) is 1.36. The van der Waals surface area contributed by atoms with Gasteiger partial charge in [0.15, 0.2) is 0 Å². The molecule has 0 atom stereocenters. The van der Waals surface area contributed by atoms with Gasteiger partial charge in [0.1, 0.15) is 0 Å². The van der Waals surface area contributed by atoms with Gasteiger partial charge < -0.3 is 5.11 Å². The maximum absolute atomic E-state index is 10.2. The van der Waals surface area contributed by atoms with E-state index in [0.29, 0.717) is 6.42 Å². The number of rotatable bonds is 7. The maximum Gasteiger partial charge on any atom is 0.303 e. The molecule has 0 saturated carbocycles. The smallest absolute Gasteiger partial charge is 0.303 e. The van der Waals surface area contributed by atoms with Crippen molar-refractivity contribution in [3.63, 3.8) is 0 Å². The average molecular weight is 218 g/mol. The predicted molar refractivity (Wildman–Crippen MR) is 65.4 cm³/mol. The van der Waals surface area contributed by atoms with Gasteiger partial charge in [0.05, 0.1) is 0 Å². The Labute approximate surface area is 96.6 Å². The van der Waals surface area contributed by atoms with Gasteiger partial charge >= 0.3 is 5.97 Å². The summed E-state index contributed by atoms with van der Waals surface area (Å²) in [5.74, 6) is -0.728. The van der Waals surface area contributed by atoms with Crippen LogP contribution in [0.15, 0.2) is 42.5 Å². The number of unbranched alkanes of at least 4 members (excludes halogenated alkanes) is 1. The van der Waals surface area contributed by atoms with Crippen molar-refractivity contribution in [2.24, 2.45) is 0 Å². The van der Waals surface area contributed by atoms with Gasteiger partial charge in [0.25, 0.3) is 0 Å². The normalized spacial score (nSPS) is 10.8. The molecule has 0 aliphatic heterocycles. The van der Waals surface area contributed by atoms with Gasteiger partial charge in [-0.25, -0.2) is 0 Å². The van der Waals surface area contributed by atoms with Crippen LogP contribution in [0.3, 0.4) is 0 Å². The zero-order valence-corrected chi connectivity index (χ0v) is 9.43. The first-order chi connectivity index (χ1) is 7.79. The first-order valence-corrected chi connectivity index (χ1v) is 5.70. The van der Waals surface area contributed by atoms with Crippen molar-refractivity contribution >= 4 is 5.97 Å². The number of allylic oxidation sites excluding steroid dienone is 2. The average Bonchev–Trinajstić information content (AvgIpc) is 2.29. The van der Waals surface area contributed by atoms with Crippen LogP contribution in [-0.4, -0.2) is 11.1 Å². The molecular weight excluding hydrogens is 200 g/mol. The van der Waals surface area contributed by atoms with Gasteiger partial charge in [0, 0.05) is 6.42 Å². The number of carboxylic acid groups (broad SMARTS) is 1. The SMILES string of the molecule is O=C(O)CC/C=C\CCCc1ccccc1. The summed E-state index contributed by atoms with van der Waals surface area (Å²) in [7, 11) is 0. The maximum atomic E-state index is 10.2. The Morgan fingerprint density at radius 1 is 1.12 bits per heavy atom. The summed E-state index contributed by atoms with van der Waals surface area (Å²) in [4.78, 5) is 10.2. The zero-order chi connectivity index (χ0) is 11.6. The molecule has 0 heterocycles. The van der Waals surface area contributed by atoms with Gasteiger partial charge in [-0.2, -0.15) is 0 Å². The Balaban J connectivity index is 2.06. The molecule has 0 spiro atoms. The molecule has 0 radical (unpaired) electrons. The van der Waals surface area contributed by atoms with Crippen LogP contribution in [0.2, 0.25) is 0 Å². The van der Waals surface area contributed by atoms with Crippen LogP contribution in [0, 0.1) is 0 Å². The molecule has 0 aromatic heterocycles. The molecule has 16 heavy (non-hydrogen) atoms. The summed E-state index contributed by atoms with van der Waals surface area (Å²) in [6, 6.07) is 10.4. The molecule has 0 bridgehead atoms. The summed E-state index contributed by atoms with van der Waals surface area (Å²) in [6.07, 6.45) is 8.13. The van der Waals surface area contributed by atoms with Crippen molar-refractivity contribution in [2.75, 3.05) is 0 Å². The van der Waals surface area contributed by atoms with Gasteiger partial charge in [-0.05, 0) is 31.2 Å². The molecule has 1 aromatic carbocycles. The molecule has 0 unspecified atom stereocenters. The summed E-state index contributed by atoms with van der Waals surface area (Å²) in [6.45, 7) is 0. The number of aliphatic carboxylic acids is 1. The van der Waals surface area contributed by atoms with Crippen molar-refractivity contribution in [1.82, 2.24) is 0 Å². The van der Waals surface area contributed by atoms with E-state index in [4.69, 9.17) is 5.11 Å². The van der Waals surface area contributed by atoms with Crippen molar-refractivity contribution in [3.05, 3.63) is 48.0 Å². The minimum Gasteiger partial charge on any atom is -0.481 e. The van der Waals surface area contributed by atoms with Crippen LogP contribution in [-0.2, 0) is 11.2 Å². The highest BCUT2D eigenvalue weighted by atomic mass is 16.4. The number of benzene rings is 1. The Morgan fingerprint density at radius 3 is 2.50 bits per heavy atom. The van der Waals surface area contributed by atoms with E-state index in [1.807, 2.05) is 12.1 Å². The third kappa shape index (κ3) is 6.02. The highest BCUT2D eigenvalue weighted by molar-refractivity contribution is 5.66. The predicted octanol–water partition coefficient (Wildman–Crippen LogP) is 3.43. The lowest BCUT2D eigenvalue weighted by molar-refractivity contribution is -0.136. The number of aryl methyl sites for hydroxylation is 1. The summed E-state index contributed by atoms with van der Waals surface area (Å²) >= 11 is 0. The number of hydrogen-bond donors (Lipinski definition) is 1. The minimum absolute atomic E-state index is 0.231. The molecule has 86 valence electrons. The van der Waals surface area contributed by atoms with Crippen LogP contribution in [0.5, 0.6) is 0 Å². The Hall–Kier alpha value is -1.57. The van der Waals surface area contributed by atoms with E-state index in [-0.39, 0.29) is 6.42 Å². The van der Waals surface area contributed by atoms with E-state index in [2.05, 4.69) is 30.3 Å². The number of carboxylic acids is 1. The van der Waals surface area contributed by atoms with E-state index in [1.54, 1.807) is 0 Å². The third-order valence-corrected chi connectivity index (χ3v) is 2.37. The Bertz CT molecular complexity index is 328. The lowest BCUT2D eigenvalue weighted by Crippen LogP contribution is -1.91. The second kappa shape index (κ2) is 7.69. The highest BCUT2D eigenvalue weighted by Crippen LogP contribution is 2.05. The fraction of sp³-hybridized carbons (Fsp3) is 0.357. The minimum atomic E-state index is -0.728. The fourth-order valence-corrected chi connectivity index (χ4v) is 1.51. The molecule has 0 amide bonds. The molecule has 1 aromatic rings. The molecule has 1 rings (SSSR count). The third-order valence-electron chi connectivity index (χ3n) is 2.37. The van der Waals surface area contributed by atoms with Crippen LogP contribution in [0.25, 0.3) is 0 Å². The first kappa shape index (κ1) is 12.5. The second-order valence-corrected chi connectivity index (χ2v) is 3.78. The van der Waals surface area contributed by atoms with Crippen molar-refractivity contribution in [2.45, 2.75) is 32.1 Å². The topological polar surface area (TPSA) is 37.3 Å². The van der Waals surface area contributed by atoms with Gasteiger partial charge in [-0.15, -0.1) is 0 Å². The van der Waals surface area contributed by atoms with Crippen LogP contribution in [0.4, 0.5) is 0 Å². The monoisotopic (exact) mass is 218 g/mol. The van der Waals surface area contributed by atoms with Crippen molar-refractivity contribution < 1.29 is 9.90 Å².